The molecule has 4 heteroatoms. The average Bonchev–Trinajstić information content (AvgIpc) is 2.50. The number of benzene rings is 2. The van der Waals surface area contributed by atoms with E-state index in [9.17, 15) is 4.79 Å². The summed E-state index contributed by atoms with van der Waals surface area (Å²) in [5.74, 6) is 0.830. The molecule has 0 bridgehead atoms. The Hall–Kier alpha value is -1.94. The lowest BCUT2D eigenvalue weighted by molar-refractivity contribution is 0.102. The number of hydrogen-bond donors (Lipinski definition) is 2. The van der Waals surface area contributed by atoms with Gasteiger partial charge in [-0.1, -0.05) is 32.0 Å². The number of carbonyl (C=O) groups is 1. The van der Waals surface area contributed by atoms with Crippen LogP contribution in [0.25, 0.3) is 0 Å². The maximum absolute atomic E-state index is 12.5. The zero-order valence-electron chi connectivity index (χ0n) is 14.1. The first kappa shape index (κ1) is 17.4. The number of anilines is 2. The number of aryl methyl sites for hydroxylation is 1. The van der Waals surface area contributed by atoms with Crippen molar-refractivity contribution in [3.63, 3.8) is 0 Å². The molecule has 0 unspecified atom stereocenters. The minimum absolute atomic E-state index is 0.119. The van der Waals surface area contributed by atoms with Gasteiger partial charge in [-0.15, -0.1) is 0 Å². The lowest BCUT2D eigenvalue weighted by Gasteiger charge is -2.14. The molecule has 2 rings (SSSR count). The highest BCUT2D eigenvalue weighted by Crippen LogP contribution is 2.25. The Kier molecular flexibility index (Phi) is 5.72. The van der Waals surface area contributed by atoms with Crippen molar-refractivity contribution in [3.05, 3.63) is 58.7 Å². The first-order valence-electron chi connectivity index (χ1n) is 7.76. The number of amides is 1. The van der Waals surface area contributed by atoms with Crippen LogP contribution in [0.5, 0.6) is 0 Å². The Morgan fingerprint density at radius 3 is 2.65 bits per heavy atom. The fourth-order valence-corrected chi connectivity index (χ4v) is 3.13. The number of hydrogen-bond acceptors (Lipinski definition) is 3. The van der Waals surface area contributed by atoms with E-state index in [4.69, 9.17) is 5.73 Å². The molecule has 0 saturated carbocycles. The molecule has 0 aliphatic heterocycles. The summed E-state index contributed by atoms with van der Waals surface area (Å²) in [6.07, 6.45) is 0. The summed E-state index contributed by atoms with van der Waals surface area (Å²) in [6, 6.07) is 11.4. The first-order chi connectivity index (χ1) is 10.9. The molecule has 0 saturated heterocycles. The molecular formula is C19H24N2OS. The van der Waals surface area contributed by atoms with Crippen LogP contribution >= 0.6 is 11.8 Å². The van der Waals surface area contributed by atoms with Crippen molar-refractivity contribution in [2.45, 2.75) is 38.7 Å². The van der Waals surface area contributed by atoms with Crippen molar-refractivity contribution in [2.24, 2.45) is 0 Å². The van der Waals surface area contributed by atoms with Crippen molar-refractivity contribution in [3.8, 4) is 0 Å². The number of nitrogens with one attached hydrogen (secondary N) is 1. The Labute approximate surface area is 142 Å². The van der Waals surface area contributed by atoms with Crippen molar-refractivity contribution in [2.75, 3.05) is 11.1 Å². The summed E-state index contributed by atoms with van der Waals surface area (Å²) >= 11 is 1.90. The van der Waals surface area contributed by atoms with Gasteiger partial charge in [0.15, 0.2) is 0 Å². The molecule has 0 fully saturated rings. The van der Waals surface area contributed by atoms with Crippen LogP contribution < -0.4 is 11.1 Å². The Morgan fingerprint density at radius 2 is 1.96 bits per heavy atom. The molecule has 0 aromatic heterocycles. The molecule has 1 amide bonds. The highest BCUT2D eigenvalue weighted by atomic mass is 32.2. The van der Waals surface area contributed by atoms with E-state index in [1.54, 1.807) is 12.1 Å². The largest absolute Gasteiger partial charge is 0.399 e. The van der Waals surface area contributed by atoms with Gasteiger partial charge in [0, 0.05) is 22.7 Å². The van der Waals surface area contributed by atoms with Crippen LogP contribution in [-0.4, -0.2) is 11.2 Å². The molecule has 3 N–H and O–H groups in total. The van der Waals surface area contributed by atoms with E-state index in [2.05, 4.69) is 32.2 Å². The van der Waals surface area contributed by atoms with Gasteiger partial charge in [0.2, 0.25) is 0 Å². The topological polar surface area (TPSA) is 55.1 Å². The van der Waals surface area contributed by atoms with Crippen LogP contribution in [0, 0.1) is 13.8 Å². The zero-order valence-corrected chi connectivity index (χ0v) is 15.0. The summed E-state index contributed by atoms with van der Waals surface area (Å²) in [7, 11) is 0. The van der Waals surface area contributed by atoms with E-state index in [1.165, 1.54) is 5.56 Å². The summed E-state index contributed by atoms with van der Waals surface area (Å²) in [6.45, 7) is 8.34. The zero-order chi connectivity index (χ0) is 17.0. The fourth-order valence-electron chi connectivity index (χ4n) is 2.31. The van der Waals surface area contributed by atoms with E-state index in [1.807, 2.05) is 36.9 Å². The normalized spacial score (nSPS) is 10.8. The highest BCUT2D eigenvalue weighted by Gasteiger charge is 2.12. The summed E-state index contributed by atoms with van der Waals surface area (Å²) < 4.78 is 0. The molecule has 2 aromatic carbocycles. The molecule has 2 aromatic rings. The van der Waals surface area contributed by atoms with Gasteiger partial charge in [0.05, 0.1) is 0 Å². The van der Waals surface area contributed by atoms with Crippen LogP contribution in [0.4, 0.5) is 11.4 Å². The highest BCUT2D eigenvalue weighted by molar-refractivity contribution is 7.99. The van der Waals surface area contributed by atoms with Gasteiger partial charge < -0.3 is 11.1 Å². The lowest BCUT2D eigenvalue weighted by atomic mass is 10.1. The predicted molar refractivity (Wildman–Crippen MR) is 101 cm³/mol. The van der Waals surface area contributed by atoms with E-state index in [0.717, 1.165) is 22.6 Å². The van der Waals surface area contributed by atoms with Crippen LogP contribution in [0.15, 0.2) is 36.4 Å². The number of rotatable bonds is 5. The summed E-state index contributed by atoms with van der Waals surface area (Å²) in [5.41, 5.74) is 11.2. The van der Waals surface area contributed by atoms with Gasteiger partial charge in [-0.3, -0.25) is 4.79 Å². The third kappa shape index (κ3) is 4.52. The minimum atomic E-state index is -0.119. The van der Waals surface area contributed by atoms with Gasteiger partial charge in [0.25, 0.3) is 5.91 Å². The van der Waals surface area contributed by atoms with Crippen LogP contribution in [0.3, 0.4) is 0 Å². The van der Waals surface area contributed by atoms with Gasteiger partial charge in [-0.2, -0.15) is 11.8 Å². The monoisotopic (exact) mass is 328 g/mol. The molecule has 0 spiro atoms. The van der Waals surface area contributed by atoms with E-state index in [0.29, 0.717) is 16.5 Å². The average molecular weight is 328 g/mol. The van der Waals surface area contributed by atoms with E-state index >= 15 is 0 Å². The molecule has 23 heavy (non-hydrogen) atoms. The number of nitrogens with two attached hydrogens (primary N) is 1. The third-order valence-corrected chi connectivity index (χ3v) is 4.92. The molecule has 0 heterocycles. The van der Waals surface area contributed by atoms with Gasteiger partial charge in [-0.25, -0.2) is 0 Å². The molecule has 0 aliphatic carbocycles. The smallest absolute Gasteiger partial charge is 0.256 e. The van der Waals surface area contributed by atoms with Crippen molar-refractivity contribution < 1.29 is 4.79 Å². The molecular weight excluding hydrogens is 304 g/mol. The molecule has 122 valence electrons. The Bertz CT molecular complexity index is 711. The molecule has 0 radical (unpaired) electrons. The standard InChI is InChI=1S/C19H24N2OS/c1-12(2)23-11-15-6-5-7-18(14(15)4)21-19(22)17-10-16(20)9-8-13(17)3/h5-10,12H,11,20H2,1-4H3,(H,21,22). The third-order valence-electron chi connectivity index (χ3n) is 3.77. The van der Waals surface area contributed by atoms with Gasteiger partial charge in [-0.05, 0) is 54.0 Å². The van der Waals surface area contributed by atoms with E-state index in [-0.39, 0.29) is 5.91 Å². The second-order valence-corrected chi connectivity index (χ2v) is 7.54. The van der Waals surface area contributed by atoms with Crippen LogP contribution in [0.1, 0.15) is 40.9 Å². The lowest BCUT2D eigenvalue weighted by Crippen LogP contribution is -2.15. The van der Waals surface area contributed by atoms with Crippen LogP contribution in [0.2, 0.25) is 0 Å². The number of thioether (sulfide) groups is 1. The number of nitrogen functional groups attached to an aromatic ring is 1. The number of carbonyl (C=O) groups excluding carboxylic acids is 1. The van der Waals surface area contributed by atoms with Crippen molar-refractivity contribution in [1.29, 1.82) is 0 Å². The Morgan fingerprint density at radius 1 is 1.22 bits per heavy atom. The first-order valence-corrected chi connectivity index (χ1v) is 8.81. The second-order valence-electron chi connectivity index (χ2n) is 5.98. The van der Waals surface area contributed by atoms with Gasteiger partial charge in [0.1, 0.15) is 0 Å². The van der Waals surface area contributed by atoms with Crippen molar-refractivity contribution >= 4 is 29.0 Å². The molecule has 3 nitrogen and oxygen atoms in total. The fraction of sp³-hybridized carbons (Fsp3) is 0.316. The second kappa shape index (κ2) is 7.55. The molecule has 0 atom stereocenters. The Balaban J connectivity index is 2.21. The minimum Gasteiger partial charge on any atom is -0.399 e. The summed E-state index contributed by atoms with van der Waals surface area (Å²) in [5, 5.41) is 3.60. The summed E-state index contributed by atoms with van der Waals surface area (Å²) in [4.78, 5) is 12.5. The van der Waals surface area contributed by atoms with Crippen LogP contribution in [-0.2, 0) is 5.75 Å². The van der Waals surface area contributed by atoms with E-state index < -0.39 is 0 Å². The van der Waals surface area contributed by atoms with Gasteiger partial charge >= 0.3 is 0 Å². The molecule has 0 aliphatic rings. The SMILES string of the molecule is Cc1ccc(N)cc1C(=O)Nc1cccc(CSC(C)C)c1C. The quantitative estimate of drug-likeness (QED) is 0.777. The van der Waals surface area contributed by atoms with Crippen molar-refractivity contribution in [1.82, 2.24) is 0 Å². The maximum atomic E-state index is 12.5. The maximum Gasteiger partial charge on any atom is 0.256 e. The predicted octanol–water partition coefficient (Wildman–Crippen LogP) is 4.78.